The van der Waals surface area contributed by atoms with Crippen molar-refractivity contribution in [1.29, 1.82) is 0 Å². The van der Waals surface area contributed by atoms with Gasteiger partial charge in [0.05, 0.1) is 18.3 Å². The van der Waals surface area contributed by atoms with Gasteiger partial charge in [0.15, 0.2) is 5.58 Å². The molecule has 0 bridgehead atoms. The van der Waals surface area contributed by atoms with Gasteiger partial charge in [-0.05, 0) is 38.0 Å². The van der Waals surface area contributed by atoms with E-state index in [9.17, 15) is 14.0 Å². The number of carbonyl (C=O) groups excluding carboxylic acids is 2. The summed E-state index contributed by atoms with van der Waals surface area (Å²) >= 11 is 0. The third-order valence-electron chi connectivity index (χ3n) is 6.40. The van der Waals surface area contributed by atoms with E-state index < -0.39 is 11.4 Å². The summed E-state index contributed by atoms with van der Waals surface area (Å²) in [5.74, 6) is -1.02. The summed E-state index contributed by atoms with van der Waals surface area (Å²) in [6.07, 6.45) is 6.81. The Morgan fingerprint density at radius 3 is 2.77 bits per heavy atom. The van der Waals surface area contributed by atoms with Gasteiger partial charge < -0.3 is 14.3 Å². The van der Waals surface area contributed by atoms with Gasteiger partial charge in [-0.3, -0.25) is 14.5 Å². The number of benzene rings is 1. The second-order valence-electron chi connectivity index (χ2n) is 8.49. The fraction of sp³-hybridized carbons (Fsp3) is 0.391. The number of hydrogen-bond acceptors (Lipinski definition) is 3. The lowest BCUT2D eigenvalue weighted by Crippen LogP contribution is -2.65. The lowest BCUT2D eigenvalue weighted by Gasteiger charge is -2.44. The van der Waals surface area contributed by atoms with Gasteiger partial charge in [-0.2, -0.15) is 0 Å². The van der Waals surface area contributed by atoms with Crippen molar-refractivity contribution in [1.82, 2.24) is 9.88 Å². The maximum Gasteiger partial charge on any atom is 0.276 e. The van der Waals surface area contributed by atoms with Crippen LogP contribution in [0.2, 0.25) is 0 Å². The number of aromatic nitrogens is 1. The molecule has 3 heterocycles. The molecule has 1 aliphatic heterocycles. The molecule has 2 amide bonds. The lowest BCUT2D eigenvalue weighted by molar-refractivity contribution is -0.127. The zero-order valence-corrected chi connectivity index (χ0v) is 16.9. The van der Waals surface area contributed by atoms with Crippen LogP contribution >= 0.6 is 0 Å². The van der Waals surface area contributed by atoms with Crippen LogP contribution in [0.15, 0.2) is 47.1 Å². The first kappa shape index (κ1) is 18.9. The first-order valence-corrected chi connectivity index (χ1v) is 10.5. The smallest absolute Gasteiger partial charge is 0.276 e. The fourth-order valence-corrected chi connectivity index (χ4v) is 4.82. The Labute approximate surface area is 173 Å². The Bertz CT molecular complexity index is 1130. The number of halogens is 1. The van der Waals surface area contributed by atoms with Crippen molar-refractivity contribution in [3.05, 3.63) is 54.2 Å². The molecule has 1 aliphatic carbocycles. The zero-order valence-electron chi connectivity index (χ0n) is 16.9. The Morgan fingerprint density at radius 2 is 2.00 bits per heavy atom. The molecule has 1 atom stereocenters. The highest BCUT2D eigenvalue weighted by molar-refractivity contribution is 6.13. The molecule has 1 saturated carbocycles. The van der Waals surface area contributed by atoms with E-state index in [1.165, 1.54) is 23.5 Å². The average molecular weight is 409 g/mol. The predicted octanol–water partition coefficient (Wildman–Crippen LogP) is 4.24. The standard InChI is InChI=1S/C23H24FN3O3/c1-23(22(29)25-16-7-3-2-4-8-16)14-26-18-10-11-30-20(18)13-19(26)21(28)27(23)17-9-5-6-15(24)12-17/h5-6,9-13,16H,2-4,7-8,14H2,1H3,(H,25,29). The van der Waals surface area contributed by atoms with Crippen molar-refractivity contribution in [3.8, 4) is 0 Å². The minimum atomic E-state index is -1.21. The van der Waals surface area contributed by atoms with Crippen molar-refractivity contribution in [2.24, 2.45) is 0 Å². The Balaban J connectivity index is 1.60. The van der Waals surface area contributed by atoms with Crippen LogP contribution in [0.3, 0.4) is 0 Å². The van der Waals surface area contributed by atoms with Crippen molar-refractivity contribution in [3.63, 3.8) is 0 Å². The quantitative estimate of drug-likeness (QED) is 0.704. The first-order chi connectivity index (χ1) is 14.5. The van der Waals surface area contributed by atoms with Gasteiger partial charge >= 0.3 is 0 Å². The lowest BCUT2D eigenvalue weighted by atomic mass is 9.91. The van der Waals surface area contributed by atoms with Gasteiger partial charge in [0.1, 0.15) is 17.1 Å². The predicted molar refractivity (Wildman–Crippen MR) is 111 cm³/mol. The summed E-state index contributed by atoms with van der Waals surface area (Å²) in [6.45, 7) is 2.01. The molecule has 2 aliphatic rings. The molecule has 2 aromatic heterocycles. The van der Waals surface area contributed by atoms with E-state index in [0.717, 1.165) is 31.2 Å². The van der Waals surface area contributed by atoms with Crippen LogP contribution in [0.1, 0.15) is 49.5 Å². The second kappa shape index (κ2) is 7.00. The third kappa shape index (κ3) is 2.91. The largest absolute Gasteiger partial charge is 0.463 e. The normalized spacial score (nSPS) is 22.3. The molecular formula is C23H24FN3O3. The summed E-state index contributed by atoms with van der Waals surface area (Å²) in [6, 6.07) is 9.42. The summed E-state index contributed by atoms with van der Waals surface area (Å²) in [5, 5.41) is 3.17. The van der Waals surface area contributed by atoms with Gasteiger partial charge in [0, 0.05) is 23.9 Å². The van der Waals surface area contributed by atoms with Gasteiger partial charge in [-0.1, -0.05) is 25.3 Å². The number of anilines is 1. The van der Waals surface area contributed by atoms with Crippen molar-refractivity contribution >= 4 is 28.6 Å². The maximum atomic E-state index is 14.0. The van der Waals surface area contributed by atoms with Gasteiger partial charge in [0.2, 0.25) is 5.91 Å². The SMILES string of the molecule is CC1(C(=O)NC2CCCCC2)Cn2c(cc3occc32)C(=O)N1c1cccc(F)c1. The van der Waals surface area contributed by atoms with E-state index in [1.54, 1.807) is 37.5 Å². The molecule has 156 valence electrons. The molecule has 5 rings (SSSR count). The zero-order chi connectivity index (χ0) is 20.9. The van der Waals surface area contributed by atoms with Gasteiger partial charge in [-0.15, -0.1) is 0 Å². The monoisotopic (exact) mass is 409 g/mol. The van der Waals surface area contributed by atoms with Crippen molar-refractivity contribution in [2.45, 2.75) is 57.2 Å². The van der Waals surface area contributed by atoms with Crippen LogP contribution in [-0.2, 0) is 11.3 Å². The van der Waals surface area contributed by atoms with Gasteiger partial charge in [-0.25, -0.2) is 4.39 Å². The van der Waals surface area contributed by atoms with Crippen LogP contribution in [0.4, 0.5) is 10.1 Å². The Hall–Kier alpha value is -3.09. The van der Waals surface area contributed by atoms with Crippen molar-refractivity contribution < 1.29 is 18.4 Å². The number of fused-ring (bicyclic) bond motifs is 3. The molecule has 0 saturated heterocycles. The molecule has 1 N–H and O–H groups in total. The van der Waals surface area contributed by atoms with Crippen molar-refractivity contribution in [2.75, 3.05) is 4.90 Å². The van der Waals surface area contributed by atoms with E-state index in [2.05, 4.69) is 5.32 Å². The molecular weight excluding hydrogens is 385 g/mol. The molecule has 7 heteroatoms. The number of rotatable bonds is 3. The minimum absolute atomic E-state index is 0.104. The molecule has 0 radical (unpaired) electrons. The number of nitrogens with zero attached hydrogens (tertiary/aromatic N) is 2. The summed E-state index contributed by atoms with van der Waals surface area (Å²) < 4.78 is 21.3. The maximum absolute atomic E-state index is 14.0. The van der Waals surface area contributed by atoms with Crippen LogP contribution in [0.25, 0.3) is 11.1 Å². The highest BCUT2D eigenvalue weighted by Gasteiger charge is 2.49. The number of carbonyl (C=O) groups is 2. The van der Waals surface area contributed by atoms with E-state index in [-0.39, 0.29) is 24.4 Å². The molecule has 1 fully saturated rings. The molecule has 1 unspecified atom stereocenters. The average Bonchev–Trinajstić information content (AvgIpc) is 3.31. The fourth-order valence-electron chi connectivity index (χ4n) is 4.82. The summed E-state index contributed by atoms with van der Waals surface area (Å²) in [4.78, 5) is 28.6. The number of furan rings is 1. The van der Waals surface area contributed by atoms with Crippen LogP contribution in [0.5, 0.6) is 0 Å². The molecule has 1 aromatic carbocycles. The first-order valence-electron chi connectivity index (χ1n) is 10.5. The van der Waals surface area contributed by atoms with Gasteiger partial charge in [0.25, 0.3) is 5.91 Å². The highest BCUT2D eigenvalue weighted by Crippen LogP contribution is 2.36. The topological polar surface area (TPSA) is 67.5 Å². The molecule has 6 nitrogen and oxygen atoms in total. The van der Waals surface area contributed by atoms with E-state index in [4.69, 9.17) is 4.42 Å². The molecule has 30 heavy (non-hydrogen) atoms. The molecule has 3 aromatic rings. The van der Waals surface area contributed by atoms with E-state index >= 15 is 0 Å². The third-order valence-corrected chi connectivity index (χ3v) is 6.40. The van der Waals surface area contributed by atoms with Crippen LogP contribution in [0, 0.1) is 5.82 Å². The Morgan fingerprint density at radius 1 is 1.20 bits per heavy atom. The number of nitrogens with one attached hydrogen (secondary N) is 1. The number of hydrogen-bond donors (Lipinski definition) is 1. The minimum Gasteiger partial charge on any atom is -0.463 e. The highest BCUT2D eigenvalue weighted by atomic mass is 19.1. The van der Waals surface area contributed by atoms with E-state index in [0.29, 0.717) is 17.0 Å². The Kier molecular flexibility index (Phi) is 4.41. The number of amides is 2. The second-order valence-corrected chi connectivity index (χ2v) is 8.49. The summed E-state index contributed by atoms with van der Waals surface area (Å²) in [7, 11) is 0. The molecule has 0 spiro atoms. The summed E-state index contributed by atoms with van der Waals surface area (Å²) in [5.41, 5.74) is 0.948. The van der Waals surface area contributed by atoms with E-state index in [1.807, 2.05) is 4.57 Å². The van der Waals surface area contributed by atoms with Crippen LogP contribution < -0.4 is 10.2 Å². The van der Waals surface area contributed by atoms with Crippen LogP contribution in [-0.4, -0.2) is 28.0 Å².